The Labute approximate surface area is 134 Å². The summed E-state index contributed by atoms with van der Waals surface area (Å²) in [6, 6.07) is -0.405. The molecule has 1 rings (SSSR count). The molecule has 1 amide bonds. The summed E-state index contributed by atoms with van der Waals surface area (Å²) in [6.07, 6.45) is 6.16. The zero-order chi connectivity index (χ0) is 16.6. The molecule has 130 valence electrons. The van der Waals surface area contributed by atoms with Gasteiger partial charge in [0.1, 0.15) is 6.10 Å². The maximum atomic E-state index is 12.0. The van der Waals surface area contributed by atoms with Gasteiger partial charge in [0.25, 0.3) is 0 Å². The minimum atomic E-state index is -0.663. The highest BCUT2D eigenvalue weighted by Gasteiger charge is 2.44. The van der Waals surface area contributed by atoms with Crippen molar-refractivity contribution in [3.8, 4) is 0 Å². The van der Waals surface area contributed by atoms with Crippen LogP contribution in [0, 0.1) is 0 Å². The van der Waals surface area contributed by atoms with Gasteiger partial charge in [-0.25, -0.2) is 0 Å². The number of aliphatic hydroxyl groups is 1. The van der Waals surface area contributed by atoms with Gasteiger partial charge in [0.2, 0.25) is 5.91 Å². The van der Waals surface area contributed by atoms with Crippen molar-refractivity contribution < 1.29 is 19.4 Å². The fraction of sp³-hybridized carbons (Fsp3) is 0.941. The molecule has 0 aromatic carbocycles. The Morgan fingerprint density at radius 3 is 2.45 bits per heavy atom. The third kappa shape index (κ3) is 6.23. The quantitative estimate of drug-likeness (QED) is 0.608. The summed E-state index contributed by atoms with van der Waals surface area (Å²) >= 11 is 0. The number of carbonyl (C=O) groups is 1. The summed E-state index contributed by atoms with van der Waals surface area (Å²) in [5.41, 5.74) is 0. The first-order chi connectivity index (χ1) is 10.4. The highest BCUT2D eigenvalue weighted by atomic mass is 16.8. The van der Waals surface area contributed by atoms with E-state index in [-0.39, 0.29) is 24.7 Å². The summed E-state index contributed by atoms with van der Waals surface area (Å²) in [4.78, 5) is 12.0. The lowest BCUT2D eigenvalue weighted by molar-refractivity contribution is -0.151. The Balaban J connectivity index is 2.59. The van der Waals surface area contributed by atoms with E-state index in [0.717, 1.165) is 38.5 Å². The monoisotopic (exact) mass is 315 g/mol. The van der Waals surface area contributed by atoms with Crippen LogP contribution < -0.4 is 5.32 Å². The third-order valence-electron chi connectivity index (χ3n) is 4.01. The molecule has 0 saturated carbocycles. The molecule has 0 aromatic heterocycles. The van der Waals surface area contributed by atoms with Crippen LogP contribution in [0.2, 0.25) is 0 Å². The van der Waals surface area contributed by atoms with Gasteiger partial charge in [-0.3, -0.25) is 4.79 Å². The number of amides is 1. The molecule has 22 heavy (non-hydrogen) atoms. The van der Waals surface area contributed by atoms with Crippen LogP contribution in [0.1, 0.15) is 72.6 Å². The van der Waals surface area contributed by atoms with Crippen LogP contribution in [-0.4, -0.2) is 41.7 Å². The number of hydrogen-bond acceptors (Lipinski definition) is 4. The Kier molecular flexibility index (Phi) is 8.36. The predicted octanol–water partition coefficient (Wildman–Crippen LogP) is 2.75. The van der Waals surface area contributed by atoms with Crippen molar-refractivity contribution in [3.63, 3.8) is 0 Å². The first kappa shape index (κ1) is 19.4. The second-order valence-electron chi connectivity index (χ2n) is 6.59. The van der Waals surface area contributed by atoms with Crippen LogP contribution in [0.4, 0.5) is 0 Å². The number of rotatable bonds is 10. The molecule has 0 aliphatic carbocycles. The highest BCUT2D eigenvalue weighted by Crippen LogP contribution is 2.32. The summed E-state index contributed by atoms with van der Waals surface area (Å²) in [5.74, 6) is -0.682. The smallest absolute Gasteiger partial charge is 0.220 e. The summed E-state index contributed by atoms with van der Waals surface area (Å²) in [5, 5.41) is 12.6. The largest absolute Gasteiger partial charge is 0.394 e. The zero-order valence-corrected chi connectivity index (χ0v) is 14.6. The average molecular weight is 315 g/mol. The van der Waals surface area contributed by atoms with Gasteiger partial charge in [0, 0.05) is 6.42 Å². The molecule has 0 unspecified atom stereocenters. The fourth-order valence-corrected chi connectivity index (χ4v) is 2.88. The van der Waals surface area contributed by atoms with E-state index in [4.69, 9.17) is 9.47 Å². The molecule has 1 saturated heterocycles. The summed E-state index contributed by atoms with van der Waals surface area (Å²) < 4.78 is 11.9. The lowest BCUT2D eigenvalue weighted by Gasteiger charge is -2.26. The number of carbonyl (C=O) groups excluding carboxylic acids is 1. The first-order valence-electron chi connectivity index (χ1n) is 8.69. The molecule has 5 heteroatoms. The molecular formula is C17H33NO4. The van der Waals surface area contributed by atoms with Gasteiger partial charge >= 0.3 is 0 Å². The molecule has 3 atom stereocenters. The van der Waals surface area contributed by atoms with E-state index in [1.54, 1.807) is 0 Å². The second kappa shape index (κ2) is 9.48. The van der Waals surface area contributed by atoms with Gasteiger partial charge in [-0.05, 0) is 26.7 Å². The van der Waals surface area contributed by atoms with Gasteiger partial charge < -0.3 is 19.9 Å². The average Bonchev–Trinajstić information content (AvgIpc) is 2.77. The van der Waals surface area contributed by atoms with E-state index in [2.05, 4.69) is 19.2 Å². The molecule has 0 radical (unpaired) electrons. The Morgan fingerprint density at radius 1 is 1.18 bits per heavy atom. The number of aliphatic hydroxyl groups excluding tert-OH is 1. The van der Waals surface area contributed by atoms with Crippen LogP contribution in [0.15, 0.2) is 0 Å². The summed E-state index contributed by atoms with van der Waals surface area (Å²) in [6.45, 7) is 7.87. The number of nitrogens with one attached hydrogen (secondary N) is 1. The third-order valence-corrected chi connectivity index (χ3v) is 4.01. The van der Waals surface area contributed by atoms with Crippen molar-refractivity contribution >= 4 is 5.91 Å². The normalized spacial score (nSPS) is 25.1. The zero-order valence-electron chi connectivity index (χ0n) is 14.6. The van der Waals surface area contributed by atoms with Crippen LogP contribution >= 0.6 is 0 Å². The molecule has 0 spiro atoms. The standard InChI is InChI=1S/C17H33NO4/c1-5-7-9-11-15(20)18-13(12-19)16-14(10-8-6-2)21-17(3,4)22-16/h13-14,16,19H,5-12H2,1-4H3,(H,18,20)/t13-,14+,16-/m0/s1. The van der Waals surface area contributed by atoms with Crippen LogP contribution in [0.5, 0.6) is 0 Å². The Morgan fingerprint density at radius 2 is 1.86 bits per heavy atom. The van der Waals surface area contributed by atoms with Gasteiger partial charge in [-0.15, -0.1) is 0 Å². The maximum absolute atomic E-state index is 12.0. The van der Waals surface area contributed by atoms with E-state index >= 15 is 0 Å². The Bertz CT molecular complexity index is 333. The van der Waals surface area contributed by atoms with Gasteiger partial charge in [0.15, 0.2) is 5.79 Å². The van der Waals surface area contributed by atoms with Crippen LogP contribution in [0.25, 0.3) is 0 Å². The lowest BCUT2D eigenvalue weighted by atomic mass is 10.0. The topological polar surface area (TPSA) is 67.8 Å². The van der Waals surface area contributed by atoms with Gasteiger partial charge in [-0.1, -0.05) is 39.5 Å². The molecule has 0 bridgehead atoms. The fourth-order valence-electron chi connectivity index (χ4n) is 2.88. The van der Waals surface area contributed by atoms with E-state index in [0.29, 0.717) is 6.42 Å². The van der Waals surface area contributed by atoms with Crippen molar-refractivity contribution in [2.75, 3.05) is 6.61 Å². The van der Waals surface area contributed by atoms with Crippen molar-refractivity contribution in [2.45, 2.75) is 96.7 Å². The molecule has 5 nitrogen and oxygen atoms in total. The van der Waals surface area contributed by atoms with Crippen molar-refractivity contribution in [1.29, 1.82) is 0 Å². The minimum absolute atomic E-state index is 0.0185. The summed E-state index contributed by atoms with van der Waals surface area (Å²) in [7, 11) is 0. The van der Waals surface area contributed by atoms with Crippen LogP contribution in [-0.2, 0) is 14.3 Å². The Hall–Kier alpha value is -0.650. The number of hydrogen-bond donors (Lipinski definition) is 2. The molecule has 0 aromatic rings. The van der Waals surface area contributed by atoms with E-state index in [1.807, 2.05) is 13.8 Å². The van der Waals surface area contributed by atoms with E-state index < -0.39 is 11.8 Å². The molecule has 1 aliphatic rings. The maximum Gasteiger partial charge on any atom is 0.220 e. The highest BCUT2D eigenvalue weighted by molar-refractivity contribution is 5.76. The molecule has 1 fully saturated rings. The minimum Gasteiger partial charge on any atom is -0.394 e. The molecule has 1 heterocycles. The number of ether oxygens (including phenoxy) is 2. The van der Waals surface area contributed by atoms with E-state index in [9.17, 15) is 9.90 Å². The molecular weight excluding hydrogens is 282 g/mol. The van der Waals surface area contributed by atoms with E-state index in [1.165, 1.54) is 0 Å². The second-order valence-corrected chi connectivity index (χ2v) is 6.59. The SMILES string of the molecule is CCCCCC(=O)N[C@@H](CO)[C@@H]1OC(C)(C)O[C@@H]1CCCC. The first-order valence-corrected chi connectivity index (χ1v) is 8.69. The predicted molar refractivity (Wildman–Crippen MR) is 86.5 cm³/mol. The van der Waals surface area contributed by atoms with Crippen molar-refractivity contribution in [2.24, 2.45) is 0 Å². The van der Waals surface area contributed by atoms with Gasteiger partial charge in [-0.2, -0.15) is 0 Å². The number of unbranched alkanes of at least 4 members (excludes halogenated alkanes) is 3. The molecule has 2 N–H and O–H groups in total. The lowest BCUT2D eigenvalue weighted by Crippen LogP contribution is -2.49. The van der Waals surface area contributed by atoms with Crippen molar-refractivity contribution in [3.05, 3.63) is 0 Å². The van der Waals surface area contributed by atoms with Crippen LogP contribution in [0.3, 0.4) is 0 Å². The van der Waals surface area contributed by atoms with Gasteiger partial charge in [0.05, 0.1) is 18.8 Å². The van der Waals surface area contributed by atoms with Crippen molar-refractivity contribution in [1.82, 2.24) is 5.32 Å². The molecule has 1 aliphatic heterocycles.